The molecular weight excluding hydrogens is 277 g/mol. The summed E-state index contributed by atoms with van der Waals surface area (Å²) in [6, 6.07) is 2.55. The van der Waals surface area contributed by atoms with Crippen molar-refractivity contribution < 1.29 is 27.2 Å². The number of hydrogen-bond donors (Lipinski definition) is 1. The number of halogens is 3. The number of nitrogens with one attached hydrogen (secondary N) is 1. The van der Waals surface area contributed by atoms with Gasteiger partial charge in [-0.2, -0.15) is 13.2 Å². The maximum atomic E-state index is 12.1. The van der Waals surface area contributed by atoms with Crippen molar-refractivity contribution in [3.8, 4) is 0 Å². The first kappa shape index (κ1) is 14.4. The Morgan fingerprint density at radius 3 is 2.45 bits per heavy atom. The minimum atomic E-state index is -4.87. The molecule has 1 N–H and O–H groups in total. The molecule has 5 nitrogen and oxygen atoms in total. The standard InChI is InChI=1S/C12H13F3N2O3/c13-12(14,15)11(19)16-8-3-5-17(6-4-8)10(18)9-2-1-7-20-9/h1-2,7-8H,3-6H2,(H,16,19). The van der Waals surface area contributed by atoms with E-state index >= 15 is 0 Å². The number of piperidine rings is 1. The van der Waals surface area contributed by atoms with E-state index in [0.29, 0.717) is 0 Å². The Labute approximate surface area is 112 Å². The minimum absolute atomic E-state index is 0.197. The summed E-state index contributed by atoms with van der Waals surface area (Å²) in [5.74, 6) is -2.04. The maximum Gasteiger partial charge on any atom is 0.471 e. The van der Waals surface area contributed by atoms with E-state index in [4.69, 9.17) is 4.42 Å². The second-order valence-corrected chi connectivity index (χ2v) is 4.51. The minimum Gasteiger partial charge on any atom is -0.459 e. The fourth-order valence-electron chi connectivity index (χ4n) is 2.05. The maximum absolute atomic E-state index is 12.1. The molecule has 1 fully saturated rings. The third kappa shape index (κ3) is 3.31. The number of amides is 2. The summed E-state index contributed by atoms with van der Waals surface area (Å²) in [5, 5.41) is 1.93. The van der Waals surface area contributed by atoms with Gasteiger partial charge in [0.1, 0.15) is 0 Å². The van der Waals surface area contributed by atoms with Crippen LogP contribution in [-0.4, -0.2) is 42.0 Å². The number of nitrogens with zero attached hydrogens (tertiary/aromatic N) is 1. The fraction of sp³-hybridized carbons (Fsp3) is 0.500. The Bertz CT molecular complexity index is 477. The van der Waals surface area contributed by atoms with E-state index in [0.717, 1.165) is 0 Å². The zero-order valence-corrected chi connectivity index (χ0v) is 10.4. The van der Waals surface area contributed by atoms with Gasteiger partial charge in [0.2, 0.25) is 0 Å². The van der Waals surface area contributed by atoms with E-state index in [1.807, 2.05) is 5.32 Å². The van der Waals surface area contributed by atoms with Gasteiger partial charge >= 0.3 is 12.1 Å². The molecule has 0 aliphatic carbocycles. The van der Waals surface area contributed by atoms with Crippen LogP contribution >= 0.6 is 0 Å². The van der Waals surface area contributed by atoms with Crippen LogP contribution < -0.4 is 5.32 Å². The molecule has 2 heterocycles. The highest BCUT2D eigenvalue weighted by Gasteiger charge is 2.40. The Morgan fingerprint density at radius 1 is 1.30 bits per heavy atom. The van der Waals surface area contributed by atoms with Crippen LogP contribution in [0.2, 0.25) is 0 Å². The van der Waals surface area contributed by atoms with Crippen molar-refractivity contribution in [2.24, 2.45) is 0 Å². The predicted octanol–water partition coefficient (Wildman–Crippen LogP) is 1.56. The molecule has 0 unspecified atom stereocenters. The van der Waals surface area contributed by atoms with Crippen molar-refractivity contribution in [1.82, 2.24) is 10.2 Å². The van der Waals surface area contributed by atoms with E-state index in [9.17, 15) is 22.8 Å². The normalized spacial score (nSPS) is 17.1. The SMILES string of the molecule is O=C(c1ccco1)N1CCC(NC(=O)C(F)(F)F)CC1. The monoisotopic (exact) mass is 290 g/mol. The van der Waals surface area contributed by atoms with Gasteiger partial charge in [-0.05, 0) is 25.0 Å². The van der Waals surface area contributed by atoms with Crippen molar-refractivity contribution in [3.63, 3.8) is 0 Å². The van der Waals surface area contributed by atoms with Crippen molar-refractivity contribution in [3.05, 3.63) is 24.2 Å². The largest absolute Gasteiger partial charge is 0.471 e. The summed E-state index contributed by atoms with van der Waals surface area (Å²) in [5.41, 5.74) is 0. The third-order valence-electron chi connectivity index (χ3n) is 3.11. The molecule has 2 amide bonds. The first-order valence-electron chi connectivity index (χ1n) is 6.08. The number of carbonyl (C=O) groups excluding carboxylic acids is 2. The van der Waals surface area contributed by atoms with Crippen LogP contribution in [0.4, 0.5) is 13.2 Å². The van der Waals surface area contributed by atoms with E-state index in [1.165, 1.54) is 17.2 Å². The molecular formula is C12H13F3N2O3. The number of carbonyl (C=O) groups is 2. The van der Waals surface area contributed by atoms with E-state index in [1.54, 1.807) is 6.07 Å². The zero-order chi connectivity index (χ0) is 14.8. The average molecular weight is 290 g/mol. The van der Waals surface area contributed by atoms with Gasteiger partial charge in [0.05, 0.1) is 6.26 Å². The van der Waals surface area contributed by atoms with Crippen molar-refractivity contribution in [2.75, 3.05) is 13.1 Å². The smallest absolute Gasteiger partial charge is 0.459 e. The highest BCUT2D eigenvalue weighted by atomic mass is 19.4. The van der Waals surface area contributed by atoms with Gasteiger partial charge in [-0.3, -0.25) is 9.59 Å². The number of likely N-dealkylation sites (tertiary alicyclic amines) is 1. The molecule has 1 aromatic heterocycles. The van der Waals surface area contributed by atoms with Crippen LogP contribution in [0.5, 0.6) is 0 Å². The summed E-state index contributed by atoms with van der Waals surface area (Å²) < 4.78 is 41.3. The molecule has 1 aliphatic rings. The lowest BCUT2D eigenvalue weighted by Gasteiger charge is -2.32. The van der Waals surface area contributed by atoms with Crippen molar-refractivity contribution in [1.29, 1.82) is 0 Å². The molecule has 1 aromatic rings. The predicted molar refractivity (Wildman–Crippen MR) is 61.8 cm³/mol. The molecule has 8 heteroatoms. The van der Waals surface area contributed by atoms with Crippen molar-refractivity contribution >= 4 is 11.8 Å². The highest BCUT2D eigenvalue weighted by Crippen LogP contribution is 2.18. The molecule has 0 bridgehead atoms. The Balaban J connectivity index is 1.84. The van der Waals surface area contributed by atoms with E-state index < -0.39 is 18.1 Å². The van der Waals surface area contributed by atoms with Crippen LogP contribution in [0.1, 0.15) is 23.4 Å². The lowest BCUT2D eigenvalue weighted by atomic mass is 10.0. The third-order valence-corrected chi connectivity index (χ3v) is 3.11. The number of hydrogen-bond acceptors (Lipinski definition) is 3. The molecule has 0 aromatic carbocycles. The van der Waals surface area contributed by atoms with Gasteiger partial charge in [0, 0.05) is 19.1 Å². The topological polar surface area (TPSA) is 62.6 Å². The Hall–Kier alpha value is -1.99. The highest BCUT2D eigenvalue weighted by molar-refractivity contribution is 5.91. The molecule has 0 radical (unpaired) electrons. The molecule has 0 saturated carbocycles. The van der Waals surface area contributed by atoms with E-state index in [-0.39, 0.29) is 37.6 Å². The summed E-state index contributed by atoms with van der Waals surface area (Å²) in [4.78, 5) is 24.2. The Morgan fingerprint density at radius 2 is 1.95 bits per heavy atom. The van der Waals surface area contributed by atoms with Crippen LogP contribution in [0.15, 0.2) is 22.8 Å². The molecule has 110 valence electrons. The molecule has 20 heavy (non-hydrogen) atoms. The number of rotatable bonds is 2. The molecule has 1 aliphatic heterocycles. The van der Waals surface area contributed by atoms with Crippen LogP contribution in [0.25, 0.3) is 0 Å². The first-order chi connectivity index (χ1) is 9.38. The van der Waals surface area contributed by atoms with Crippen LogP contribution in [-0.2, 0) is 4.79 Å². The lowest BCUT2D eigenvalue weighted by Crippen LogP contribution is -2.49. The van der Waals surface area contributed by atoms with Gasteiger partial charge in [-0.15, -0.1) is 0 Å². The van der Waals surface area contributed by atoms with Crippen LogP contribution in [0, 0.1) is 0 Å². The van der Waals surface area contributed by atoms with E-state index in [2.05, 4.69) is 0 Å². The molecule has 1 saturated heterocycles. The van der Waals surface area contributed by atoms with Gasteiger partial charge in [0.25, 0.3) is 5.91 Å². The summed E-state index contributed by atoms with van der Waals surface area (Å²) in [6.07, 6.45) is -2.92. The Kier molecular flexibility index (Phi) is 4.01. The number of alkyl halides is 3. The number of furan rings is 1. The second kappa shape index (κ2) is 5.56. The molecule has 0 atom stereocenters. The van der Waals surface area contributed by atoms with Gasteiger partial charge < -0.3 is 14.6 Å². The summed E-state index contributed by atoms with van der Waals surface area (Å²) in [7, 11) is 0. The zero-order valence-electron chi connectivity index (χ0n) is 10.4. The average Bonchev–Trinajstić information content (AvgIpc) is 2.91. The van der Waals surface area contributed by atoms with Crippen molar-refractivity contribution in [2.45, 2.75) is 25.1 Å². The molecule has 2 rings (SSSR count). The summed E-state index contributed by atoms with van der Waals surface area (Å²) >= 11 is 0. The first-order valence-corrected chi connectivity index (χ1v) is 6.08. The fourth-order valence-corrected chi connectivity index (χ4v) is 2.05. The van der Waals surface area contributed by atoms with Crippen LogP contribution in [0.3, 0.4) is 0 Å². The van der Waals surface area contributed by atoms with Gasteiger partial charge in [-0.1, -0.05) is 0 Å². The molecule has 0 spiro atoms. The van der Waals surface area contributed by atoms with Gasteiger partial charge in [0.15, 0.2) is 5.76 Å². The quantitative estimate of drug-likeness (QED) is 0.899. The second-order valence-electron chi connectivity index (χ2n) is 4.51. The van der Waals surface area contributed by atoms with Gasteiger partial charge in [-0.25, -0.2) is 0 Å². The lowest BCUT2D eigenvalue weighted by molar-refractivity contribution is -0.174. The summed E-state index contributed by atoms with van der Waals surface area (Å²) in [6.45, 7) is 0.560.